The van der Waals surface area contributed by atoms with E-state index in [1.54, 1.807) is 0 Å². The number of nitrogen functional groups attached to an aromatic ring is 1. The van der Waals surface area contributed by atoms with E-state index < -0.39 is 0 Å². The summed E-state index contributed by atoms with van der Waals surface area (Å²) in [5.74, 6) is 2.93. The molecule has 0 saturated carbocycles. The van der Waals surface area contributed by atoms with E-state index >= 15 is 0 Å². The molecule has 3 nitrogen and oxygen atoms in total. The van der Waals surface area contributed by atoms with Gasteiger partial charge in [0.1, 0.15) is 11.6 Å². The van der Waals surface area contributed by atoms with Crippen LogP contribution in [0.5, 0.6) is 0 Å². The standard InChI is InChI=1S/C11H19N3S/c1-4-7-14-10(5-2)13-9(11(14)12)6-8-15-3/h4H,1,5-8,12H2,2-3H3. The highest BCUT2D eigenvalue weighted by Gasteiger charge is 2.11. The maximum absolute atomic E-state index is 6.05. The maximum Gasteiger partial charge on any atom is 0.127 e. The Morgan fingerprint density at radius 1 is 1.60 bits per heavy atom. The molecule has 0 saturated heterocycles. The van der Waals surface area contributed by atoms with Gasteiger partial charge in [-0.05, 0) is 12.0 Å². The molecular weight excluding hydrogens is 206 g/mol. The van der Waals surface area contributed by atoms with E-state index in [1.165, 1.54) is 0 Å². The first-order chi connectivity index (χ1) is 7.24. The number of hydrogen-bond donors (Lipinski definition) is 1. The van der Waals surface area contributed by atoms with E-state index in [1.807, 2.05) is 22.4 Å². The number of rotatable bonds is 6. The lowest BCUT2D eigenvalue weighted by molar-refractivity contribution is 0.757. The van der Waals surface area contributed by atoms with Crippen LogP contribution in [-0.4, -0.2) is 21.6 Å². The Kier molecular flexibility index (Phi) is 4.75. The van der Waals surface area contributed by atoms with Crippen molar-refractivity contribution in [2.75, 3.05) is 17.7 Å². The third kappa shape index (κ3) is 2.78. The molecule has 0 spiro atoms. The van der Waals surface area contributed by atoms with Gasteiger partial charge in [-0.1, -0.05) is 13.0 Å². The Morgan fingerprint density at radius 3 is 2.87 bits per heavy atom. The summed E-state index contributed by atoms with van der Waals surface area (Å²) in [5.41, 5.74) is 7.08. The second-order valence-electron chi connectivity index (χ2n) is 3.36. The molecule has 0 radical (unpaired) electrons. The van der Waals surface area contributed by atoms with E-state index in [2.05, 4.69) is 24.7 Å². The lowest BCUT2D eigenvalue weighted by Gasteiger charge is -2.04. The first-order valence-corrected chi connectivity index (χ1v) is 6.57. The van der Waals surface area contributed by atoms with Gasteiger partial charge in [-0.2, -0.15) is 11.8 Å². The van der Waals surface area contributed by atoms with Crippen LogP contribution in [-0.2, 0) is 19.4 Å². The van der Waals surface area contributed by atoms with Gasteiger partial charge < -0.3 is 10.3 Å². The van der Waals surface area contributed by atoms with Crippen LogP contribution >= 0.6 is 11.8 Å². The van der Waals surface area contributed by atoms with Gasteiger partial charge in [-0.15, -0.1) is 6.58 Å². The van der Waals surface area contributed by atoms with Crippen molar-refractivity contribution in [3.05, 3.63) is 24.2 Å². The van der Waals surface area contributed by atoms with E-state index in [9.17, 15) is 0 Å². The number of hydrogen-bond acceptors (Lipinski definition) is 3. The number of nitrogens with zero attached hydrogens (tertiary/aromatic N) is 2. The fraction of sp³-hybridized carbons (Fsp3) is 0.545. The van der Waals surface area contributed by atoms with Crippen LogP contribution in [0.15, 0.2) is 12.7 Å². The van der Waals surface area contributed by atoms with Crippen molar-refractivity contribution < 1.29 is 0 Å². The Balaban J connectivity index is 2.93. The number of aromatic nitrogens is 2. The van der Waals surface area contributed by atoms with Crippen molar-refractivity contribution in [3.63, 3.8) is 0 Å². The monoisotopic (exact) mass is 225 g/mol. The average Bonchev–Trinajstić information content (AvgIpc) is 2.54. The summed E-state index contributed by atoms with van der Waals surface area (Å²) < 4.78 is 2.04. The number of anilines is 1. The third-order valence-corrected chi connectivity index (χ3v) is 2.95. The molecule has 0 fully saturated rings. The third-order valence-electron chi connectivity index (χ3n) is 2.33. The van der Waals surface area contributed by atoms with Crippen molar-refractivity contribution in [1.29, 1.82) is 0 Å². The van der Waals surface area contributed by atoms with Gasteiger partial charge in [0.05, 0.1) is 5.69 Å². The molecule has 0 aliphatic carbocycles. The molecule has 0 amide bonds. The van der Waals surface area contributed by atoms with Crippen LogP contribution in [0, 0.1) is 0 Å². The summed E-state index contributed by atoms with van der Waals surface area (Å²) in [7, 11) is 0. The van der Waals surface area contributed by atoms with Crippen molar-refractivity contribution in [2.45, 2.75) is 26.3 Å². The molecule has 84 valence electrons. The van der Waals surface area contributed by atoms with Crippen LogP contribution in [0.25, 0.3) is 0 Å². The van der Waals surface area contributed by atoms with E-state index in [0.29, 0.717) is 0 Å². The Labute approximate surface area is 95.8 Å². The molecule has 0 bridgehead atoms. The zero-order valence-electron chi connectivity index (χ0n) is 9.49. The minimum Gasteiger partial charge on any atom is -0.384 e. The molecule has 0 aliphatic heterocycles. The molecule has 0 aliphatic rings. The molecule has 1 aromatic rings. The number of nitrogens with two attached hydrogens (primary N) is 1. The minimum atomic E-state index is 0.751. The summed E-state index contributed by atoms with van der Waals surface area (Å²) in [6.45, 7) is 6.58. The van der Waals surface area contributed by atoms with Gasteiger partial charge in [-0.3, -0.25) is 0 Å². The van der Waals surface area contributed by atoms with Gasteiger partial charge >= 0.3 is 0 Å². The fourth-order valence-electron chi connectivity index (χ4n) is 1.55. The first kappa shape index (κ1) is 12.2. The molecule has 4 heteroatoms. The summed E-state index contributed by atoms with van der Waals surface area (Å²) in [5, 5.41) is 0. The van der Waals surface area contributed by atoms with Crippen LogP contribution in [0.4, 0.5) is 5.82 Å². The Morgan fingerprint density at radius 2 is 2.33 bits per heavy atom. The number of imidazole rings is 1. The number of thioether (sulfide) groups is 1. The molecule has 1 heterocycles. The van der Waals surface area contributed by atoms with Gasteiger partial charge in [-0.25, -0.2) is 4.98 Å². The van der Waals surface area contributed by atoms with E-state index in [0.717, 1.165) is 42.5 Å². The highest BCUT2D eigenvalue weighted by Crippen LogP contribution is 2.17. The summed E-state index contributed by atoms with van der Waals surface area (Å²) in [6.07, 6.45) is 5.81. The Bertz CT molecular complexity index is 331. The molecule has 2 N–H and O–H groups in total. The predicted octanol–water partition coefficient (Wildman–Crippen LogP) is 2.12. The first-order valence-electron chi connectivity index (χ1n) is 5.18. The molecule has 0 aromatic carbocycles. The molecule has 1 rings (SSSR count). The summed E-state index contributed by atoms with van der Waals surface area (Å²) >= 11 is 1.82. The van der Waals surface area contributed by atoms with Crippen LogP contribution < -0.4 is 5.73 Å². The van der Waals surface area contributed by atoms with Gasteiger partial charge in [0.25, 0.3) is 0 Å². The average molecular weight is 225 g/mol. The molecule has 1 aromatic heterocycles. The lowest BCUT2D eigenvalue weighted by Crippen LogP contribution is -2.05. The quantitative estimate of drug-likeness (QED) is 0.754. The van der Waals surface area contributed by atoms with Crippen molar-refractivity contribution >= 4 is 17.6 Å². The highest BCUT2D eigenvalue weighted by atomic mass is 32.2. The van der Waals surface area contributed by atoms with Gasteiger partial charge in [0.2, 0.25) is 0 Å². The van der Waals surface area contributed by atoms with Crippen molar-refractivity contribution in [2.24, 2.45) is 0 Å². The zero-order valence-corrected chi connectivity index (χ0v) is 10.3. The highest BCUT2D eigenvalue weighted by molar-refractivity contribution is 7.98. The van der Waals surface area contributed by atoms with Crippen molar-refractivity contribution in [1.82, 2.24) is 9.55 Å². The van der Waals surface area contributed by atoms with E-state index in [4.69, 9.17) is 5.73 Å². The smallest absolute Gasteiger partial charge is 0.127 e. The largest absolute Gasteiger partial charge is 0.384 e. The summed E-state index contributed by atoms with van der Waals surface area (Å²) in [6, 6.07) is 0. The second-order valence-corrected chi connectivity index (χ2v) is 4.34. The van der Waals surface area contributed by atoms with Gasteiger partial charge in [0, 0.05) is 19.4 Å². The normalized spacial score (nSPS) is 10.5. The number of allylic oxidation sites excluding steroid dienone is 1. The summed E-state index contributed by atoms with van der Waals surface area (Å²) in [4.78, 5) is 4.56. The SMILES string of the molecule is C=CCn1c(CC)nc(CCSC)c1N. The molecular formula is C11H19N3S. The second kappa shape index (κ2) is 5.85. The predicted molar refractivity (Wildman–Crippen MR) is 68.3 cm³/mol. The van der Waals surface area contributed by atoms with Crippen LogP contribution in [0.2, 0.25) is 0 Å². The molecule has 0 unspecified atom stereocenters. The topological polar surface area (TPSA) is 43.8 Å². The van der Waals surface area contributed by atoms with Gasteiger partial charge in [0.15, 0.2) is 0 Å². The maximum atomic E-state index is 6.05. The van der Waals surface area contributed by atoms with E-state index in [-0.39, 0.29) is 0 Å². The Hall–Kier alpha value is -0.900. The number of aryl methyl sites for hydroxylation is 2. The van der Waals surface area contributed by atoms with Crippen LogP contribution in [0.3, 0.4) is 0 Å². The minimum absolute atomic E-state index is 0.751. The molecule has 0 atom stereocenters. The molecule has 15 heavy (non-hydrogen) atoms. The zero-order chi connectivity index (χ0) is 11.3. The van der Waals surface area contributed by atoms with Crippen molar-refractivity contribution in [3.8, 4) is 0 Å². The van der Waals surface area contributed by atoms with Crippen LogP contribution in [0.1, 0.15) is 18.4 Å². The fourth-order valence-corrected chi connectivity index (χ4v) is 1.95. The lowest BCUT2D eigenvalue weighted by atomic mass is 10.3.